The van der Waals surface area contributed by atoms with Gasteiger partial charge in [-0.3, -0.25) is 4.74 Å². The van der Waals surface area contributed by atoms with Gasteiger partial charge in [-0.05, 0) is 51.0 Å². The molecule has 0 bridgehead atoms. The Balaban J connectivity index is 1.52. The molecule has 4 rings (SSSR count). The molecule has 2 aliphatic rings. The predicted octanol–water partition coefficient (Wildman–Crippen LogP) is 4.30. The molecule has 2 aliphatic carbocycles. The zero-order valence-corrected chi connectivity index (χ0v) is 18.1. The number of fused-ring (bicyclic) bond motifs is 1. The van der Waals surface area contributed by atoms with E-state index in [4.69, 9.17) is 5.73 Å². The molecule has 0 radical (unpaired) electrons. The summed E-state index contributed by atoms with van der Waals surface area (Å²) in [5, 5.41) is 17.9. The van der Waals surface area contributed by atoms with Crippen molar-refractivity contribution in [2.75, 3.05) is 11.1 Å². The molecule has 2 aromatic heterocycles. The second kappa shape index (κ2) is 8.40. The largest absolute Gasteiger partial charge is 0.523 e. The minimum Gasteiger partial charge on any atom is -0.390 e. The van der Waals surface area contributed by atoms with Crippen LogP contribution in [0.25, 0.3) is 11.2 Å². The summed E-state index contributed by atoms with van der Waals surface area (Å²) in [4.78, 5) is 4.66. The zero-order valence-electron chi connectivity index (χ0n) is 18.1. The number of allylic oxidation sites excluding steroid dienone is 2. The van der Waals surface area contributed by atoms with E-state index in [1.807, 2.05) is 13.8 Å². The molecule has 10 heteroatoms. The highest BCUT2D eigenvalue weighted by Gasteiger charge is 2.34. The van der Waals surface area contributed by atoms with E-state index in [1.54, 1.807) is 24.4 Å². The highest BCUT2D eigenvalue weighted by Crippen LogP contribution is 2.35. The molecule has 0 aliphatic heterocycles. The summed E-state index contributed by atoms with van der Waals surface area (Å²) in [6.45, 7) is 3.70. The molecule has 0 amide bonds. The SMILES string of the molecule is CC(C)(O)C1CCC(Nc2cc(N)n3ncc(C4=CC=CC(OC(F)(F)F)C4)c3n2)CC1. The normalized spacial score (nSPS) is 24.6. The van der Waals surface area contributed by atoms with Gasteiger partial charge in [0.15, 0.2) is 5.65 Å². The van der Waals surface area contributed by atoms with Crippen LogP contribution in [-0.4, -0.2) is 43.8 Å². The fraction of sp³-hybridized carbons (Fsp3) is 0.545. The molecule has 4 N–H and O–H groups in total. The van der Waals surface area contributed by atoms with Crippen LogP contribution in [0.15, 0.2) is 30.5 Å². The lowest BCUT2D eigenvalue weighted by Crippen LogP contribution is -2.37. The van der Waals surface area contributed by atoms with Crippen LogP contribution in [0.2, 0.25) is 0 Å². The number of anilines is 2. The Morgan fingerprint density at radius 2 is 1.94 bits per heavy atom. The molecule has 174 valence electrons. The summed E-state index contributed by atoms with van der Waals surface area (Å²) in [6, 6.07) is 1.91. The molecular weight excluding hydrogens is 423 g/mol. The number of nitrogens with zero attached hydrogens (tertiary/aromatic N) is 3. The van der Waals surface area contributed by atoms with E-state index >= 15 is 0 Å². The Morgan fingerprint density at radius 1 is 1.22 bits per heavy atom. The van der Waals surface area contributed by atoms with Crippen LogP contribution in [-0.2, 0) is 4.74 Å². The number of nitrogens with two attached hydrogens (primary N) is 1. The third kappa shape index (κ3) is 5.07. The zero-order chi connectivity index (χ0) is 23.1. The second-order valence-electron chi connectivity index (χ2n) is 9.09. The van der Waals surface area contributed by atoms with Crippen molar-refractivity contribution in [2.45, 2.75) is 70.1 Å². The van der Waals surface area contributed by atoms with E-state index in [9.17, 15) is 18.3 Å². The second-order valence-corrected chi connectivity index (χ2v) is 9.09. The van der Waals surface area contributed by atoms with Gasteiger partial charge in [-0.25, -0.2) is 4.98 Å². The maximum absolute atomic E-state index is 12.6. The monoisotopic (exact) mass is 451 g/mol. The van der Waals surface area contributed by atoms with Crippen LogP contribution in [0, 0.1) is 5.92 Å². The molecule has 7 nitrogen and oxygen atoms in total. The molecule has 2 heterocycles. The van der Waals surface area contributed by atoms with Crippen LogP contribution in [0.1, 0.15) is 51.5 Å². The standard InChI is InChI=1S/C22H28F3N5O2/c1-21(2,31)14-6-8-15(9-7-14)28-19-11-18(26)30-20(29-19)17(12-27-30)13-4-3-5-16(10-13)32-22(23,24)25/h3-5,11-12,14-16,31H,6-10,26H2,1-2H3,(H,28,29). The van der Waals surface area contributed by atoms with Crippen LogP contribution < -0.4 is 11.1 Å². The first-order valence-electron chi connectivity index (χ1n) is 10.7. The first-order valence-corrected chi connectivity index (χ1v) is 10.7. The number of aliphatic hydroxyl groups is 1. The summed E-state index contributed by atoms with van der Waals surface area (Å²) in [6.07, 6.45) is 4.10. The molecule has 1 fully saturated rings. The molecule has 0 saturated heterocycles. The highest BCUT2D eigenvalue weighted by atomic mass is 19.4. The van der Waals surface area contributed by atoms with Crippen molar-refractivity contribution in [3.05, 3.63) is 36.1 Å². The van der Waals surface area contributed by atoms with Crippen molar-refractivity contribution in [3.63, 3.8) is 0 Å². The van der Waals surface area contributed by atoms with Gasteiger partial charge < -0.3 is 16.2 Å². The summed E-state index contributed by atoms with van der Waals surface area (Å²) in [7, 11) is 0. The number of ether oxygens (including phenoxy) is 1. The Labute approximate surface area is 184 Å². The van der Waals surface area contributed by atoms with E-state index in [1.165, 1.54) is 10.6 Å². The average Bonchev–Trinajstić information content (AvgIpc) is 3.11. The number of alkyl halides is 3. The van der Waals surface area contributed by atoms with Crippen molar-refractivity contribution in [2.24, 2.45) is 5.92 Å². The lowest BCUT2D eigenvalue weighted by molar-refractivity contribution is -0.335. The van der Waals surface area contributed by atoms with Gasteiger partial charge in [0.2, 0.25) is 0 Å². The molecule has 0 spiro atoms. The van der Waals surface area contributed by atoms with Gasteiger partial charge in [0, 0.05) is 24.1 Å². The van der Waals surface area contributed by atoms with Crippen LogP contribution in [0.3, 0.4) is 0 Å². The quantitative estimate of drug-likeness (QED) is 0.627. The topological polar surface area (TPSA) is 97.7 Å². The van der Waals surface area contributed by atoms with Gasteiger partial charge in [0.1, 0.15) is 11.6 Å². The fourth-order valence-corrected chi connectivity index (χ4v) is 4.54. The van der Waals surface area contributed by atoms with E-state index in [0.717, 1.165) is 25.7 Å². The Bertz CT molecular complexity index is 1030. The van der Waals surface area contributed by atoms with E-state index in [2.05, 4.69) is 20.1 Å². The van der Waals surface area contributed by atoms with Crippen molar-refractivity contribution in [1.82, 2.24) is 14.6 Å². The summed E-state index contributed by atoms with van der Waals surface area (Å²) >= 11 is 0. The number of hydrogen-bond donors (Lipinski definition) is 3. The average molecular weight is 451 g/mol. The van der Waals surface area contributed by atoms with Crippen LogP contribution in [0.4, 0.5) is 24.8 Å². The van der Waals surface area contributed by atoms with E-state index in [0.29, 0.717) is 28.4 Å². The van der Waals surface area contributed by atoms with Gasteiger partial charge in [-0.1, -0.05) is 18.2 Å². The molecule has 2 aromatic rings. The van der Waals surface area contributed by atoms with Crippen molar-refractivity contribution >= 4 is 22.9 Å². The van der Waals surface area contributed by atoms with Crippen molar-refractivity contribution in [3.8, 4) is 0 Å². The summed E-state index contributed by atoms with van der Waals surface area (Å²) in [5.41, 5.74) is 7.23. The van der Waals surface area contributed by atoms with Crippen LogP contribution >= 0.6 is 0 Å². The van der Waals surface area contributed by atoms with E-state index in [-0.39, 0.29) is 18.4 Å². The molecule has 32 heavy (non-hydrogen) atoms. The molecule has 1 unspecified atom stereocenters. The Morgan fingerprint density at radius 3 is 2.59 bits per heavy atom. The van der Waals surface area contributed by atoms with Gasteiger partial charge >= 0.3 is 6.36 Å². The van der Waals surface area contributed by atoms with Gasteiger partial charge in [0.05, 0.1) is 17.9 Å². The third-order valence-corrected chi connectivity index (χ3v) is 6.25. The molecular formula is C22H28F3N5O2. The van der Waals surface area contributed by atoms with Crippen LogP contribution in [0.5, 0.6) is 0 Å². The number of nitrogen functional groups attached to an aromatic ring is 1. The summed E-state index contributed by atoms with van der Waals surface area (Å²) < 4.78 is 43.6. The number of rotatable bonds is 5. The van der Waals surface area contributed by atoms with E-state index < -0.39 is 18.1 Å². The molecule has 1 saturated carbocycles. The molecule has 0 aromatic carbocycles. The minimum absolute atomic E-state index is 0.0531. The van der Waals surface area contributed by atoms with Gasteiger partial charge in [-0.15, -0.1) is 13.2 Å². The minimum atomic E-state index is -4.71. The summed E-state index contributed by atoms with van der Waals surface area (Å²) in [5.74, 6) is 1.24. The number of aromatic nitrogens is 3. The van der Waals surface area contributed by atoms with Gasteiger partial charge in [-0.2, -0.15) is 9.61 Å². The van der Waals surface area contributed by atoms with Crippen molar-refractivity contribution in [1.29, 1.82) is 0 Å². The van der Waals surface area contributed by atoms with Gasteiger partial charge in [0.25, 0.3) is 0 Å². The number of nitrogens with one attached hydrogen (secondary N) is 1. The maximum Gasteiger partial charge on any atom is 0.523 e. The number of halogens is 3. The third-order valence-electron chi connectivity index (χ3n) is 6.25. The van der Waals surface area contributed by atoms with Crippen molar-refractivity contribution < 1.29 is 23.0 Å². The molecule has 1 atom stereocenters. The first-order chi connectivity index (χ1) is 15.0. The fourth-order valence-electron chi connectivity index (χ4n) is 4.54. The highest BCUT2D eigenvalue weighted by molar-refractivity contribution is 5.79. The Hall–Kier alpha value is -2.59. The smallest absolute Gasteiger partial charge is 0.390 e. The first kappa shape index (κ1) is 22.6. The predicted molar refractivity (Wildman–Crippen MR) is 116 cm³/mol. The lowest BCUT2D eigenvalue weighted by Gasteiger charge is -2.36. The lowest BCUT2D eigenvalue weighted by atomic mass is 9.77. The Kier molecular flexibility index (Phi) is 5.93. The maximum atomic E-state index is 12.6. The number of hydrogen-bond acceptors (Lipinski definition) is 6.